The largest absolute Gasteiger partial charge is 0.339 e. The maximum absolute atomic E-state index is 12.6. The van der Waals surface area contributed by atoms with Crippen LogP contribution in [0.5, 0.6) is 0 Å². The Kier molecular flexibility index (Phi) is 6.85. The molecule has 1 saturated carbocycles. The molecule has 0 unspecified atom stereocenters. The van der Waals surface area contributed by atoms with E-state index in [-0.39, 0.29) is 23.2 Å². The minimum absolute atomic E-state index is 0. The van der Waals surface area contributed by atoms with Crippen molar-refractivity contribution in [3.63, 3.8) is 0 Å². The van der Waals surface area contributed by atoms with Gasteiger partial charge < -0.3 is 10.2 Å². The topological polar surface area (TPSA) is 78.5 Å². The SMILES string of the molecule is CNS(=O)(=O)c1ccc(C(=O)N2CCC(NCC3CC3)CC2)cc1.Cl. The van der Waals surface area contributed by atoms with Gasteiger partial charge in [0.2, 0.25) is 10.0 Å². The van der Waals surface area contributed by atoms with Crippen LogP contribution in [0.4, 0.5) is 0 Å². The summed E-state index contributed by atoms with van der Waals surface area (Å²) in [7, 11) is -2.09. The summed E-state index contributed by atoms with van der Waals surface area (Å²) in [6.07, 6.45) is 4.66. The van der Waals surface area contributed by atoms with Gasteiger partial charge in [-0.1, -0.05) is 0 Å². The molecule has 0 atom stereocenters. The van der Waals surface area contributed by atoms with Gasteiger partial charge >= 0.3 is 0 Å². The van der Waals surface area contributed by atoms with Crippen molar-refractivity contribution in [2.45, 2.75) is 36.6 Å². The van der Waals surface area contributed by atoms with Gasteiger partial charge in [0.05, 0.1) is 4.90 Å². The molecule has 1 aromatic rings. The van der Waals surface area contributed by atoms with Gasteiger partial charge in [0.15, 0.2) is 0 Å². The molecule has 8 heteroatoms. The zero-order valence-corrected chi connectivity index (χ0v) is 16.0. The summed E-state index contributed by atoms with van der Waals surface area (Å²) < 4.78 is 25.7. The third kappa shape index (κ3) is 5.17. The Morgan fingerprint density at radius 2 is 1.72 bits per heavy atom. The van der Waals surface area contributed by atoms with E-state index < -0.39 is 10.0 Å². The fourth-order valence-corrected chi connectivity index (χ4v) is 3.75. The van der Waals surface area contributed by atoms with Crippen LogP contribution in [-0.4, -0.2) is 51.9 Å². The molecule has 1 aliphatic heterocycles. The molecular formula is C17H26ClN3O3S. The van der Waals surface area contributed by atoms with Crippen LogP contribution in [0, 0.1) is 5.92 Å². The fraction of sp³-hybridized carbons (Fsp3) is 0.588. The highest BCUT2D eigenvalue weighted by molar-refractivity contribution is 7.89. The Labute approximate surface area is 155 Å². The average Bonchev–Trinajstić information content (AvgIpc) is 3.44. The van der Waals surface area contributed by atoms with Crippen molar-refractivity contribution < 1.29 is 13.2 Å². The number of nitrogens with zero attached hydrogens (tertiary/aromatic N) is 1. The van der Waals surface area contributed by atoms with Crippen molar-refractivity contribution in [2.75, 3.05) is 26.7 Å². The third-order valence-corrected chi connectivity index (χ3v) is 6.28. The van der Waals surface area contributed by atoms with Crippen molar-refractivity contribution in [3.8, 4) is 0 Å². The Morgan fingerprint density at radius 3 is 2.24 bits per heavy atom. The average molecular weight is 388 g/mol. The third-order valence-electron chi connectivity index (χ3n) is 4.85. The first-order chi connectivity index (χ1) is 11.5. The van der Waals surface area contributed by atoms with Gasteiger partial charge in [-0.05, 0) is 69.5 Å². The molecule has 0 radical (unpaired) electrons. The Bertz CT molecular complexity index is 682. The molecule has 1 aromatic carbocycles. The summed E-state index contributed by atoms with van der Waals surface area (Å²) in [4.78, 5) is 14.6. The zero-order valence-electron chi connectivity index (χ0n) is 14.4. The van der Waals surface area contributed by atoms with E-state index in [1.165, 1.54) is 32.0 Å². The molecule has 25 heavy (non-hydrogen) atoms. The first-order valence-electron chi connectivity index (χ1n) is 8.56. The smallest absolute Gasteiger partial charge is 0.253 e. The van der Waals surface area contributed by atoms with E-state index in [0.29, 0.717) is 11.6 Å². The number of likely N-dealkylation sites (tertiary alicyclic amines) is 1. The summed E-state index contributed by atoms with van der Waals surface area (Å²) in [6, 6.07) is 6.64. The fourth-order valence-electron chi connectivity index (χ4n) is 3.02. The van der Waals surface area contributed by atoms with E-state index in [1.807, 2.05) is 4.90 Å². The van der Waals surface area contributed by atoms with Crippen LogP contribution in [0.2, 0.25) is 0 Å². The number of rotatable bonds is 6. The predicted octanol–water partition coefficient (Wildman–Crippen LogP) is 1.62. The number of nitrogens with one attached hydrogen (secondary N) is 2. The molecule has 140 valence electrons. The summed E-state index contributed by atoms with van der Waals surface area (Å²) in [5.41, 5.74) is 0.537. The number of carbonyl (C=O) groups is 1. The van der Waals surface area contributed by atoms with E-state index in [0.717, 1.165) is 38.4 Å². The number of piperidine rings is 1. The summed E-state index contributed by atoms with van der Waals surface area (Å²) in [5.74, 6) is 0.848. The molecule has 1 heterocycles. The van der Waals surface area contributed by atoms with Crippen molar-refractivity contribution >= 4 is 28.3 Å². The normalized spacial score (nSPS) is 18.7. The van der Waals surface area contributed by atoms with Crippen LogP contribution in [0.1, 0.15) is 36.0 Å². The van der Waals surface area contributed by atoms with Gasteiger partial charge in [-0.15, -0.1) is 12.4 Å². The zero-order chi connectivity index (χ0) is 17.2. The molecule has 0 spiro atoms. The lowest BCUT2D eigenvalue weighted by atomic mass is 10.0. The Morgan fingerprint density at radius 1 is 1.12 bits per heavy atom. The highest BCUT2D eigenvalue weighted by Gasteiger charge is 2.26. The summed E-state index contributed by atoms with van der Waals surface area (Å²) >= 11 is 0. The maximum atomic E-state index is 12.6. The summed E-state index contributed by atoms with van der Waals surface area (Å²) in [5, 5.41) is 3.60. The molecule has 1 amide bonds. The van der Waals surface area contributed by atoms with Crippen LogP contribution in [0.25, 0.3) is 0 Å². The van der Waals surface area contributed by atoms with Crippen LogP contribution < -0.4 is 10.0 Å². The quantitative estimate of drug-likeness (QED) is 0.777. The number of amides is 1. The lowest BCUT2D eigenvalue weighted by molar-refractivity contribution is 0.0705. The number of sulfonamides is 1. The van der Waals surface area contributed by atoms with E-state index in [2.05, 4.69) is 10.0 Å². The monoisotopic (exact) mass is 387 g/mol. The van der Waals surface area contributed by atoms with Gasteiger partial charge in [-0.2, -0.15) is 0 Å². The molecule has 2 N–H and O–H groups in total. The standard InChI is InChI=1S/C17H25N3O3S.ClH/c1-18-24(22,23)16-6-4-14(5-7-16)17(21)20-10-8-15(9-11-20)19-12-13-2-3-13;/h4-7,13,15,18-19H,2-3,8-12H2,1H3;1H. The number of benzene rings is 1. The van der Waals surface area contributed by atoms with Gasteiger partial charge in [0.1, 0.15) is 0 Å². The van der Waals surface area contributed by atoms with Gasteiger partial charge in [0.25, 0.3) is 5.91 Å². The molecule has 6 nitrogen and oxygen atoms in total. The van der Waals surface area contributed by atoms with Gasteiger partial charge in [-0.3, -0.25) is 4.79 Å². The van der Waals surface area contributed by atoms with E-state index in [1.54, 1.807) is 12.1 Å². The van der Waals surface area contributed by atoms with Crippen LogP contribution in [-0.2, 0) is 10.0 Å². The highest BCUT2D eigenvalue weighted by atomic mass is 35.5. The number of hydrogen-bond acceptors (Lipinski definition) is 4. The molecular weight excluding hydrogens is 362 g/mol. The lowest BCUT2D eigenvalue weighted by Gasteiger charge is -2.32. The molecule has 1 saturated heterocycles. The van der Waals surface area contributed by atoms with E-state index >= 15 is 0 Å². The maximum Gasteiger partial charge on any atom is 0.253 e. The molecule has 2 fully saturated rings. The van der Waals surface area contributed by atoms with Crippen molar-refractivity contribution in [2.24, 2.45) is 5.92 Å². The molecule has 2 aliphatic rings. The van der Waals surface area contributed by atoms with Gasteiger partial charge in [-0.25, -0.2) is 13.1 Å². The second-order valence-electron chi connectivity index (χ2n) is 6.65. The van der Waals surface area contributed by atoms with E-state index in [4.69, 9.17) is 0 Å². The predicted molar refractivity (Wildman–Crippen MR) is 99.6 cm³/mol. The second kappa shape index (κ2) is 8.49. The first-order valence-corrected chi connectivity index (χ1v) is 10.0. The van der Waals surface area contributed by atoms with Gasteiger partial charge in [0, 0.05) is 24.7 Å². The molecule has 0 aromatic heterocycles. The molecule has 3 rings (SSSR count). The van der Waals surface area contributed by atoms with Crippen molar-refractivity contribution in [1.29, 1.82) is 0 Å². The Balaban J connectivity index is 0.00000225. The van der Waals surface area contributed by atoms with Crippen LogP contribution >= 0.6 is 12.4 Å². The number of carbonyl (C=O) groups excluding carboxylic acids is 1. The van der Waals surface area contributed by atoms with Crippen LogP contribution in [0.3, 0.4) is 0 Å². The molecule has 0 bridgehead atoms. The highest BCUT2D eigenvalue weighted by Crippen LogP contribution is 2.28. The van der Waals surface area contributed by atoms with E-state index in [9.17, 15) is 13.2 Å². The number of halogens is 1. The van der Waals surface area contributed by atoms with Crippen LogP contribution in [0.15, 0.2) is 29.2 Å². The lowest BCUT2D eigenvalue weighted by Crippen LogP contribution is -2.45. The summed E-state index contributed by atoms with van der Waals surface area (Å²) in [6.45, 7) is 2.61. The Hall–Kier alpha value is -1.15. The first kappa shape index (κ1) is 20.2. The van der Waals surface area contributed by atoms with Crippen molar-refractivity contribution in [3.05, 3.63) is 29.8 Å². The number of hydrogen-bond donors (Lipinski definition) is 2. The minimum atomic E-state index is -3.46. The minimum Gasteiger partial charge on any atom is -0.339 e. The second-order valence-corrected chi connectivity index (χ2v) is 8.54. The van der Waals surface area contributed by atoms with Crippen molar-refractivity contribution in [1.82, 2.24) is 14.9 Å². The molecule has 1 aliphatic carbocycles.